The van der Waals surface area contributed by atoms with Crippen LogP contribution in [-0.2, 0) is 14.3 Å². The van der Waals surface area contributed by atoms with Gasteiger partial charge in [0.1, 0.15) is 6.10 Å². The molecule has 3 unspecified atom stereocenters. The average Bonchev–Trinajstić information content (AvgIpc) is 3.18. The number of unbranched alkanes of at least 4 members (excludes halogenated alkanes) is 17. The Kier molecular flexibility index (Phi) is 40.4. The minimum absolute atomic E-state index is 0.0398. The number of ether oxygens (including phenoxy) is 1. The van der Waals surface area contributed by atoms with Gasteiger partial charge in [0.15, 0.2) is 0 Å². The van der Waals surface area contributed by atoms with E-state index >= 15 is 0 Å². The van der Waals surface area contributed by atoms with Crippen LogP contribution >= 0.6 is 0 Å². The van der Waals surface area contributed by atoms with Crippen molar-refractivity contribution in [2.45, 2.75) is 219 Å². The van der Waals surface area contributed by atoms with Gasteiger partial charge in [-0.2, -0.15) is 0 Å². The van der Waals surface area contributed by atoms with E-state index in [-0.39, 0.29) is 24.9 Å². The molecule has 0 aromatic carbocycles. The Bertz CT molecular complexity index is 1040. The summed E-state index contributed by atoms with van der Waals surface area (Å²) < 4.78 is 5.87. The van der Waals surface area contributed by atoms with Crippen molar-refractivity contribution in [2.24, 2.45) is 0 Å². The van der Waals surface area contributed by atoms with Crippen molar-refractivity contribution < 1.29 is 24.5 Å². The molecule has 0 radical (unpaired) electrons. The number of aliphatic hydroxyl groups is 2. The minimum Gasteiger partial charge on any atom is -0.462 e. The van der Waals surface area contributed by atoms with E-state index in [9.17, 15) is 19.8 Å². The third-order valence-electron chi connectivity index (χ3n) is 9.84. The zero-order chi connectivity index (χ0) is 40.3. The first-order chi connectivity index (χ1) is 27.0. The Balaban J connectivity index is 4.70. The second-order valence-corrected chi connectivity index (χ2v) is 15.1. The van der Waals surface area contributed by atoms with E-state index < -0.39 is 18.2 Å². The first-order valence-corrected chi connectivity index (χ1v) is 22.7. The molecule has 55 heavy (non-hydrogen) atoms. The third kappa shape index (κ3) is 38.0. The molecule has 0 aliphatic heterocycles. The predicted molar refractivity (Wildman–Crippen MR) is 236 cm³/mol. The number of hydrogen-bond acceptors (Lipinski definition) is 5. The number of carbonyl (C=O) groups is 2. The van der Waals surface area contributed by atoms with Gasteiger partial charge in [-0.05, 0) is 77.0 Å². The first kappa shape index (κ1) is 52.3. The summed E-state index contributed by atoms with van der Waals surface area (Å²) in [5, 5.41) is 23.6. The summed E-state index contributed by atoms with van der Waals surface area (Å²) in [7, 11) is 0. The van der Waals surface area contributed by atoms with Gasteiger partial charge in [0.25, 0.3) is 0 Å². The quantitative estimate of drug-likeness (QED) is 0.0250. The van der Waals surface area contributed by atoms with Crippen LogP contribution in [0.2, 0.25) is 0 Å². The molecule has 3 atom stereocenters. The maximum atomic E-state index is 13.1. The van der Waals surface area contributed by atoms with E-state index in [1.54, 1.807) is 0 Å². The Morgan fingerprint density at radius 2 is 1.07 bits per heavy atom. The standard InChI is InChI=1S/C49H85NO5/c1-4-7-10-13-16-19-22-24-27-30-33-36-39-42-49(54)55-45(40-37-34-31-28-26-23-20-17-14-11-8-5-2)43-48(53)50-46(44-51)47(52)41-38-35-32-29-25-21-18-15-12-9-6-3/h7-8,10-11,13,16-17,19-20,22,26,28,45-47,51-52H,4-6,9,12,14-15,18,21,23-25,27,29-44H2,1-3H3,(H,50,53)/b10-7+,11-8+,16-13+,20-17+,22-19-,28-26+. The van der Waals surface area contributed by atoms with E-state index in [1.165, 1.54) is 51.4 Å². The molecular weight excluding hydrogens is 683 g/mol. The molecule has 0 saturated heterocycles. The maximum Gasteiger partial charge on any atom is 0.306 e. The SMILES string of the molecule is CC/C=C/C=C/C=C\CCCCCCCC(=O)OC(CCCC/C=C/C/C=C/C/C=C/CC)CC(=O)NC(CO)C(O)CCCCCCCCCCCCC. The van der Waals surface area contributed by atoms with Crippen LogP contribution in [0.4, 0.5) is 0 Å². The molecule has 0 bridgehead atoms. The summed E-state index contributed by atoms with van der Waals surface area (Å²) in [6, 6.07) is -0.719. The summed E-state index contributed by atoms with van der Waals surface area (Å²) >= 11 is 0. The molecule has 6 heteroatoms. The lowest BCUT2D eigenvalue weighted by atomic mass is 10.0. The van der Waals surface area contributed by atoms with Crippen LogP contribution in [0, 0.1) is 0 Å². The van der Waals surface area contributed by atoms with Crippen molar-refractivity contribution in [3.63, 3.8) is 0 Å². The lowest BCUT2D eigenvalue weighted by Gasteiger charge is -2.24. The molecule has 316 valence electrons. The number of amides is 1. The normalized spacial score (nSPS) is 14.1. The predicted octanol–water partition coefficient (Wildman–Crippen LogP) is 13.1. The fraction of sp³-hybridized carbons (Fsp3) is 0.714. The van der Waals surface area contributed by atoms with E-state index in [4.69, 9.17) is 4.74 Å². The van der Waals surface area contributed by atoms with Crippen LogP contribution in [-0.4, -0.2) is 46.9 Å². The van der Waals surface area contributed by atoms with Gasteiger partial charge in [-0.15, -0.1) is 0 Å². The van der Waals surface area contributed by atoms with E-state index in [2.05, 4.69) is 99.0 Å². The van der Waals surface area contributed by atoms with E-state index in [0.717, 1.165) is 103 Å². The van der Waals surface area contributed by atoms with Gasteiger partial charge in [-0.3, -0.25) is 9.59 Å². The molecule has 0 spiro atoms. The topological polar surface area (TPSA) is 95.9 Å². The minimum atomic E-state index is -0.802. The Morgan fingerprint density at radius 3 is 1.71 bits per heavy atom. The third-order valence-corrected chi connectivity index (χ3v) is 9.84. The highest BCUT2D eigenvalue weighted by Crippen LogP contribution is 2.16. The number of esters is 1. The first-order valence-electron chi connectivity index (χ1n) is 22.7. The van der Waals surface area contributed by atoms with Crippen LogP contribution in [0.15, 0.2) is 72.9 Å². The average molecular weight is 768 g/mol. The summed E-state index contributed by atoms with van der Waals surface area (Å²) in [6.07, 6.45) is 52.5. The van der Waals surface area contributed by atoms with Crippen molar-refractivity contribution in [2.75, 3.05) is 6.61 Å². The Morgan fingerprint density at radius 1 is 0.564 bits per heavy atom. The monoisotopic (exact) mass is 768 g/mol. The van der Waals surface area contributed by atoms with Gasteiger partial charge in [0.05, 0.1) is 25.2 Å². The van der Waals surface area contributed by atoms with Gasteiger partial charge < -0.3 is 20.3 Å². The lowest BCUT2D eigenvalue weighted by Crippen LogP contribution is -2.46. The molecule has 0 aromatic heterocycles. The molecule has 0 aromatic rings. The van der Waals surface area contributed by atoms with E-state index in [0.29, 0.717) is 19.3 Å². The number of nitrogens with one attached hydrogen (secondary N) is 1. The molecule has 0 aliphatic rings. The Labute approximate surface area is 339 Å². The molecular formula is C49H85NO5. The van der Waals surface area contributed by atoms with Crippen molar-refractivity contribution in [1.29, 1.82) is 0 Å². The van der Waals surface area contributed by atoms with Crippen LogP contribution < -0.4 is 5.32 Å². The second kappa shape index (κ2) is 42.4. The van der Waals surface area contributed by atoms with Crippen molar-refractivity contribution in [1.82, 2.24) is 5.32 Å². The molecule has 0 aliphatic carbocycles. The maximum absolute atomic E-state index is 13.1. The molecule has 0 fully saturated rings. The number of rotatable bonds is 39. The summed E-state index contributed by atoms with van der Waals surface area (Å²) in [5.74, 6) is -0.544. The molecule has 3 N–H and O–H groups in total. The van der Waals surface area contributed by atoms with Crippen LogP contribution in [0.1, 0.15) is 201 Å². The summed E-state index contributed by atoms with van der Waals surface area (Å²) in [6.45, 7) is 6.19. The number of aliphatic hydroxyl groups excluding tert-OH is 2. The van der Waals surface area contributed by atoms with Crippen LogP contribution in [0.25, 0.3) is 0 Å². The van der Waals surface area contributed by atoms with Gasteiger partial charge in [-0.1, -0.05) is 184 Å². The van der Waals surface area contributed by atoms with Gasteiger partial charge in [-0.25, -0.2) is 0 Å². The van der Waals surface area contributed by atoms with Crippen molar-refractivity contribution in [3.8, 4) is 0 Å². The fourth-order valence-electron chi connectivity index (χ4n) is 6.44. The molecule has 6 nitrogen and oxygen atoms in total. The zero-order valence-corrected chi connectivity index (χ0v) is 35.8. The summed E-state index contributed by atoms with van der Waals surface area (Å²) in [5.41, 5.74) is 0. The van der Waals surface area contributed by atoms with Gasteiger partial charge in [0, 0.05) is 6.42 Å². The van der Waals surface area contributed by atoms with E-state index in [1.807, 2.05) is 0 Å². The van der Waals surface area contributed by atoms with Gasteiger partial charge >= 0.3 is 5.97 Å². The van der Waals surface area contributed by atoms with Crippen molar-refractivity contribution >= 4 is 11.9 Å². The smallest absolute Gasteiger partial charge is 0.306 e. The molecule has 1 amide bonds. The Hall–Kier alpha value is -2.70. The highest BCUT2D eigenvalue weighted by molar-refractivity contribution is 5.77. The lowest BCUT2D eigenvalue weighted by molar-refractivity contribution is -0.151. The zero-order valence-electron chi connectivity index (χ0n) is 35.8. The van der Waals surface area contributed by atoms with Gasteiger partial charge in [0.2, 0.25) is 5.91 Å². The summed E-state index contributed by atoms with van der Waals surface area (Å²) in [4.78, 5) is 26.0. The number of allylic oxidation sites excluding steroid dienone is 12. The van der Waals surface area contributed by atoms with Crippen LogP contribution in [0.3, 0.4) is 0 Å². The van der Waals surface area contributed by atoms with Crippen LogP contribution in [0.5, 0.6) is 0 Å². The number of hydrogen-bond donors (Lipinski definition) is 3. The van der Waals surface area contributed by atoms with Crippen molar-refractivity contribution in [3.05, 3.63) is 72.9 Å². The largest absolute Gasteiger partial charge is 0.462 e. The number of carbonyl (C=O) groups excluding carboxylic acids is 2. The highest BCUT2D eigenvalue weighted by atomic mass is 16.5. The molecule has 0 heterocycles. The second-order valence-electron chi connectivity index (χ2n) is 15.1. The highest BCUT2D eigenvalue weighted by Gasteiger charge is 2.24. The molecule has 0 rings (SSSR count). The molecule has 0 saturated carbocycles. The fourth-order valence-corrected chi connectivity index (χ4v) is 6.44.